The Morgan fingerprint density at radius 3 is 2.54 bits per heavy atom. The molecule has 1 aliphatic carbocycles. The lowest BCUT2D eigenvalue weighted by molar-refractivity contribution is 0.120. The lowest BCUT2D eigenvalue weighted by atomic mass is 9.81. The summed E-state index contributed by atoms with van der Waals surface area (Å²) in [6.45, 7) is 8.51. The maximum atomic E-state index is 15.4. The number of hydrogen-bond acceptors (Lipinski definition) is 6. The van der Waals surface area contributed by atoms with Gasteiger partial charge in [0.05, 0.1) is 38.1 Å². The first-order valence-corrected chi connectivity index (χ1v) is 12.4. The molecule has 0 unspecified atom stereocenters. The Hall–Kier alpha value is -2.42. The number of benzene rings is 1. The summed E-state index contributed by atoms with van der Waals surface area (Å²) in [5, 5.41) is 13.8. The van der Waals surface area contributed by atoms with Crippen LogP contribution in [0.2, 0.25) is 0 Å². The van der Waals surface area contributed by atoms with Crippen molar-refractivity contribution in [3.63, 3.8) is 0 Å². The molecule has 7 nitrogen and oxygen atoms in total. The third-order valence-corrected chi connectivity index (χ3v) is 7.27. The van der Waals surface area contributed by atoms with E-state index in [4.69, 9.17) is 9.47 Å². The van der Waals surface area contributed by atoms with E-state index in [0.717, 1.165) is 61.4 Å². The molecular formula is C27H41FN4O3. The number of ether oxygens (including phenoxy) is 2. The second-order valence-corrected chi connectivity index (χ2v) is 9.61. The Bertz CT molecular complexity index is 985. The van der Waals surface area contributed by atoms with Crippen molar-refractivity contribution < 1.29 is 19.0 Å². The van der Waals surface area contributed by atoms with Gasteiger partial charge in [0.15, 0.2) is 0 Å². The highest BCUT2D eigenvalue weighted by atomic mass is 19.1. The molecule has 0 saturated heterocycles. The molecule has 0 radical (unpaired) electrons. The van der Waals surface area contributed by atoms with E-state index in [1.165, 1.54) is 0 Å². The molecule has 1 aromatic carbocycles. The van der Waals surface area contributed by atoms with Crippen molar-refractivity contribution in [1.82, 2.24) is 19.6 Å². The zero-order valence-corrected chi connectivity index (χ0v) is 21.9. The number of nitrogens with zero attached hydrogens (tertiary/aromatic N) is 4. The first-order chi connectivity index (χ1) is 16.8. The van der Waals surface area contributed by atoms with E-state index in [1.54, 1.807) is 25.0 Å². The molecule has 1 N–H and O–H groups in total. The van der Waals surface area contributed by atoms with E-state index < -0.39 is 0 Å². The largest absolute Gasteiger partial charge is 0.496 e. The first kappa shape index (κ1) is 27.2. The molecule has 1 aromatic heterocycles. The van der Waals surface area contributed by atoms with Crippen LogP contribution in [0, 0.1) is 12.7 Å². The van der Waals surface area contributed by atoms with Gasteiger partial charge in [-0.2, -0.15) is 5.10 Å². The summed E-state index contributed by atoms with van der Waals surface area (Å²) >= 11 is 0. The second-order valence-electron chi connectivity index (χ2n) is 9.61. The number of aromatic nitrogens is 2. The Morgan fingerprint density at radius 2 is 1.91 bits per heavy atom. The highest BCUT2D eigenvalue weighted by Gasteiger charge is 2.26. The smallest absolute Gasteiger partial charge is 0.132 e. The van der Waals surface area contributed by atoms with Gasteiger partial charge in [-0.1, -0.05) is 6.58 Å². The molecule has 0 amide bonds. The van der Waals surface area contributed by atoms with Gasteiger partial charge in [-0.05, 0) is 68.8 Å². The SMILES string of the molecule is C=C(c1nn(Cc2c(F)cc(C3CCC(N(C)CCOC)CC3)cc2OC)cc1C)N(C)CCO. The summed E-state index contributed by atoms with van der Waals surface area (Å²) in [7, 11) is 7.35. The summed E-state index contributed by atoms with van der Waals surface area (Å²) in [6.07, 6.45) is 6.16. The van der Waals surface area contributed by atoms with Crippen LogP contribution in [0.15, 0.2) is 24.9 Å². The predicted octanol–water partition coefficient (Wildman–Crippen LogP) is 3.89. The fraction of sp³-hybridized carbons (Fsp3) is 0.593. The summed E-state index contributed by atoms with van der Waals surface area (Å²) in [6, 6.07) is 4.24. The number of hydrogen-bond donors (Lipinski definition) is 1. The van der Waals surface area contributed by atoms with Gasteiger partial charge in [0.2, 0.25) is 0 Å². The van der Waals surface area contributed by atoms with Crippen LogP contribution in [0.3, 0.4) is 0 Å². The van der Waals surface area contributed by atoms with Gasteiger partial charge in [-0.25, -0.2) is 4.39 Å². The van der Waals surface area contributed by atoms with Crippen molar-refractivity contribution in [3.05, 3.63) is 53.1 Å². The Kier molecular flexibility index (Phi) is 9.71. The molecule has 35 heavy (non-hydrogen) atoms. The standard InChI is InChI=1S/C27H41FN4O3/c1-19-17-32(29-27(19)20(2)30(3)11-13-33)18-24-25(28)15-22(16-26(24)35-6)21-7-9-23(10-8-21)31(4)12-14-34-5/h15-17,21,23,33H,2,7-14,18H2,1,3-6H3. The quantitative estimate of drug-likeness (QED) is 0.489. The van der Waals surface area contributed by atoms with Crippen molar-refractivity contribution in [2.75, 3.05) is 54.6 Å². The molecule has 0 bridgehead atoms. The Labute approximate surface area is 209 Å². The van der Waals surface area contributed by atoms with Crippen molar-refractivity contribution in [2.24, 2.45) is 0 Å². The van der Waals surface area contributed by atoms with Crippen molar-refractivity contribution in [3.8, 4) is 5.75 Å². The minimum absolute atomic E-state index is 0.0379. The van der Waals surface area contributed by atoms with E-state index in [9.17, 15) is 5.11 Å². The minimum Gasteiger partial charge on any atom is -0.496 e. The Morgan fingerprint density at radius 1 is 1.20 bits per heavy atom. The number of aliphatic hydroxyl groups excluding tert-OH is 1. The van der Waals surface area contributed by atoms with Crippen LogP contribution in [-0.4, -0.2) is 85.3 Å². The molecule has 0 spiro atoms. The van der Waals surface area contributed by atoms with E-state index in [0.29, 0.717) is 29.8 Å². The van der Waals surface area contributed by atoms with E-state index >= 15 is 4.39 Å². The van der Waals surface area contributed by atoms with Gasteiger partial charge in [0.1, 0.15) is 17.3 Å². The number of rotatable bonds is 12. The molecule has 0 atom stereocenters. The monoisotopic (exact) mass is 488 g/mol. The van der Waals surface area contributed by atoms with Gasteiger partial charge in [0, 0.05) is 39.5 Å². The fourth-order valence-electron chi connectivity index (χ4n) is 4.99. The van der Waals surface area contributed by atoms with Crippen LogP contribution in [0.4, 0.5) is 4.39 Å². The highest BCUT2D eigenvalue weighted by molar-refractivity contribution is 5.60. The van der Waals surface area contributed by atoms with E-state index in [-0.39, 0.29) is 19.0 Å². The van der Waals surface area contributed by atoms with Crippen molar-refractivity contribution in [2.45, 2.75) is 51.1 Å². The number of aryl methyl sites for hydroxylation is 1. The van der Waals surface area contributed by atoms with Crippen molar-refractivity contribution >= 4 is 5.70 Å². The lowest BCUT2D eigenvalue weighted by Gasteiger charge is -2.35. The summed E-state index contributed by atoms with van der Waals surface area (Å²) in [5.41, 5.74) is 3.92. The summed E-state index contributed by atoms with van der Waals surface area (Å²) < 4.78 is 27.9. The lowest BCUT2D eigenvalue weighted by Crippen LogP contribution is -2.36. The molecule has 1 saturated carbocycles. The van der Waals surface area contributed by atoms with Crippen LogP contribution in [0.25, 0.3) is 5.70 Å². The van der Waals surface area contributed by atoms with Crippen LogP contribution in [0.1, 0.15) is 54.0 Å². The summed E-state index contributed by atoms with van der Waals surface area (Å²) in [4.78, 5) is 4.24. The van der Waals surface area contributed by atoms with Crippen LogP contribution in [-0.2, 0) is 11.3 Å². The maximum Gasteiger partial charge on any atom is 0.132 e. The topological polar surface area (TPSA) is 63.0 Å². The fourth-order valence-corrected chi connectivity index (χ4v) is 4.99. The van der Waals surface area contributed by atoms with Gasteiger partial charge in [-0.3, -0.25) is 4.68 Å². The molecular weight excluding hydrogens is 447 g/mol. The molecule has 1 aliphatic rings. The molecule has 3 rings (SSSR count). The number of halogens is 1. The average molecular weight is 489 g/mol. The predicted molar refractivity (Wildman–Crippen MR) is 137 cm³/mol. The van der Waals surface area contributed by atoms with E-state index in [1.807, 2.05) is 31.1 Å². The third-order valence-electron chi connectivity index (χ3n) is 7.27. The molecule has 1 heterocycles. The molecule has 0 aliphatic heterocycles. The zero-order chi connectivity index (χ0) is 25.5. The van der Waals surface area contributed by atoms with Crippen LogP contribution >= 0.6 is 0 Å². The Balaban J connectivity index is 1.72. The summed E-state index contributed by atoms with van der Waals surface area (Å²) in [5.74, 6) is 0.637. The van der Waals surface area contributed by atoms with Gasteiger partial charge < -0.3 is 24.4 Å². The van der Waals surface area contributed by atoms with Crippen LogP contribution < -0.4 is 4.74 Å². The number of likely N-dealkylation sites (N-methyl/N-ethyl adjacent to an activating group) is 2. The normalized spacial score (nSPS) is 18.2. The molecule has 8 heteroatoms. The van der Waals surface area contributed by atoms with Crippen LogP contribution in [0.5, 0.6) is 5.75 Å². The average Bonchev–Trinajstić information content (AvgIpc) is 3.23. The van der Waals surface area contributed by atoms with Gasteiger partial charge >= 0.3 is 0 Å². The van der Waals surface area contributed by atoms with Crippen molar-refractivity contribution in [1.29, 1.82) is 0 Å². The highest BCUT2D eigenvalue weighted by Crippen LogP contribution is 2.37. The van der Waals surface area contributed by atoms with Gasteiger partial charge in [0.25, 0.3) is 0 Å². The number of aliphatic hydroxyl groups is 1. The molecule has 2 aromatic rings. The maximum absolute atomic E-state index is 15.4. The molecule has 194 valence electrons. The van der Waals surface area contributed by atoms with Gasteiger partial charge in [-0.15, -0.1) is 0 Å². The first-order valence-electron chi connectivity index (χ1n) is 12.4. The second kappa shape index (κ2) is 12.5. The third kappa shape index (κ3) is 6.63. The zero-order valence-electron chi connectivity index (χ0n) is 21.9. The van der Waals surface area contributed by atoms with E-state index in [2.05, 4.69) is 23.6 Å². The molecule has 1 fully saturated rings. The minimum atomic E-state index is -0.260. The number of methoxy groups -OCH3 is 2.